The third kappa shape index (κ3) is 2.71. The van der Waals surface area contributed by atoms with Crippen LogP contribution in [0, 0.1) is 0 Å². The first-order valence-electron chi connectivity index (χ1n) is 6.69. The molecule has 0 radical (unpaired) electrons. The molecule has 3 heteroatoms. The second-order valence-corrected chi connectivity index (χ2v) is 6.19. The van der Waals surface area contributed by atoms with E-state index in [1.807, 2.05) is 24.7 Å². The van der Waals surface area contributed by atoms with Crippen LogP contribution in [0.25, 0.3) is 11.1 Å². The van der Waals surface area contributed by atoms with Crippen molar-refractivity contribution in [1.82, 2.24) is 9.78 Å². The zero-order valence-electron chi connectivity index (χ0n) is 12.4. The molecule has 1 heterocycles. The first-order valence-corrected chi connectivity index (χ1v) is 6.69. The molecule has 0 amide bonds. The molecule has 0 fully saturated rings. The molecule has 1 unspecified atom stereocenters. The van der Waals surface area contributed by atoms with Crippen LogP contribution in [-0.4, -0.2) is 9.78 Å². The van der Waals surface area contributed by atoms with Crippen molar-refractivity contribution in [3.63, 3.8) is 0 Å². The quantitative estimate of drug-likeness (QED) is 0.896. The summed E-state index contributed by atoms with van der Waals surface area (Å²) in [6, 6.07) is 8.34. The summed E-state index contributed by atoms with van der Waals surface area (Å²) >= 11 is 0. The first kappa shape index (κ1) is 13.8. The molecule has 102 valence electrons. The van der Waals surface area contributed by atoms with Crippen LogP contribution in [0.5, 0.6) is 0 Å². The highest BCUT2D eigenvalue weighted by atomic mass is 15.3. The SMILES string of the molecule is CC(N)c1ccccc1-c1cn(C)nc1C(C)(C)C. The van der Waals surface area contributed by atoms with Crippen molar-refractivity contribution in [3.8, 4) is 11.1 Å². The van der Waals surface area contributed by atoms with Crippen molar-refractivity contribution in [1.29, 1.82) is 0 Å². The lowest BCUT2D eigenvalue weighted by molar-refractivity contribution is 0.554. The average Bonchev–Trinajstić information content (AvgIpc) is 2.71. The maximum Gasteiger partial charge on any atom is 0.0756 e. The fourth-order valence-electron chi connectivity index (χ4n) is 2.38. The van der Waals surface area contributed by atoms with Gasteiger partial charge in [0, 0.05) is 30.3 Å². The van der Waals surface area contributed by atoms with Crippen molar-refractivity contribution < 1.29 is 0 Å². The molecule has 0 bridgehead atoms. The van der Waals surface area contributed by atoms with Crippen LogP contribution < -0.4 is 5.73 Å². The molecule has 2 rings (SSSR count). The lowest BCUT2D eigenvalue weighted by Crippen LogP contribution is -2.14. The Balaban J connectivity index is 2.66. The summed E-state index contributed by atoms with van der Waals surface area (Å²) in [6.07, 6.45) is 2.09. The van der Waals surface area contributed by atoms with E-state index in [0.717, 1.165) is 5.69 Å². The van der Waals surface area contributed by atoms with Crippen LogP contribution in [-0.2, 0) is 12.5 Å². The zero-order chi connectivity index (χ0) is 14.2. The number of hydrogen-bond acceptors (Lipinski definition) is 2. The lowest BCUT2D eigenvalue weighted by atomic mass is 9.85. The highest BCUT2D eigenvalue weighted by molar-refractivity contribution is 5.70. The van der Waals surface area contributed by atoms with Gasteiger partial charge in [-0.15, -0.1) is 0 Å². The predicted octanol–water partition coefficient (Wildman–Crippen LogP) is 3.40. The number of nitrogens with two attached hydrogens (primary N) is 1. The van der Waals surface area contributed by atoms with E-state index in [2.05, 4.69) is 50.3 Å². The van der Waals surface area contributed by atoms with E-state index in [9.17, 15) is 0 Å². The lowest BCUT2D eigenvalue weighted by Gasteiger charge is -2.19. The summed E-state index contributed by atoms with van der Waals surface area (Å²) in [5, 5.41) is 4.63. The Labute approximate surface area is 115 Å². The van der Waals surface area contributed by atoms with Gasteiger partial charge in [0.1, 0.15) is 0 Å². The number of benzene rings is 1. The van der Waals surface area contributed by atoms with Gasteiger partial charge in [0.15, 0.2) is 0 Å². The van der Waals surface area contributed by atoms with E-state index in [1.165, 1.54) is 16.7 Å². The number of rotatable bonds is 2. The molecule has 3 nitrogen and oxygen atoms in total. The summed E-state index contributed by atoms with van der Waals surface area (Å²) in [6.45, 7) is 8.58. The standard InChI is InChI=1S/C16H23N3/c1-11(17)12-8-6-7-9-13(12)14-10-19(5)18-15(14)16(2,3)4/h6-11H,17H2,1-5H3. The van der Waals surface area contributed by atoms with E-state index in [4.69, 9.17) is 5.73 Å². The van der Waals surface area contributed by atoms with Crippen molar-refractivity contribution >= 4 is 0 Å². The van der Waals surface area contributed by atoms with Gasteiger partial charge in [-0.05, 0) is 18.1 Å². The molecule has 0 saturated heterocycles. The molecule has 2 N–H and O–H groups in total. The summed E-state index contributed by atoms with van der Waals surface area (Å²) in [5.74, 6) is 0. The molecule has 0 aliphatic heterocycles. The minimum absolute atomic E-state index is 0.0154. The highest BCUT2D eigenvalue weighted by Gasteiger charge is 2.24. The molecule has 2 aromatic rings. The topological polar surface area (TPSA) is 43.8 Å². The Morgan fingerprint density at radius 3 is 2.37 bits per heavy atom. The molecule has 0 spiro atoms. The Bertz CT molecular complexity index is 574. The van der Waals surface area contributed by atoms with Gasteiger partial charge in [-0.2, -0.15) is 5.10 Å². The van der Waals surface area contributed by atoms with Gasteiger partial charge < -0.3 is 5.73 Å². The molecule has 1 aromatic carbocycles. The van der Waals surface area contributed by atoms with Gasteiger partial charge in [0.2, 0.25) is 0 Å². The Hall–Kier alpha value is -1.61. The van der Waals surface area contributed by atoms with Gasteiger partial charge in [-0.3, -0.25) is 4.68 Å². The molecule has 0 aliphatic rings. The van der Waals surface area contributed by atoms with E-state index in [0.29, 0.717) is 0 Å². The summed E-state index contributed by atoms with van der Waals surface area (Å²) < 4.78 is 1.88. The smallest absolute Gasteiger partial charge is 0.0756 e. The maximum absolute atomic E-state index is 6.09. The number of aromatic nitrogens is 2. The van der Waals surface area contributed by atoms with Gasteiger partial charge >= 0.3 is 0 Å². The normalized spacial score (nSPS) is 13.6. The molecule has 0 aliphatic carbocycles. The number of nitrogens with zero attached hydrogens (tertiary/aromatic N) is 2. The van der Waals surface area contributed by atoms with Crippen LogP contribution >= 0.6 is 0 Å². The van der Waals surface area contributed by atoms with E-state index < -0.39 is 0 Å². The van der Waals surface area contributed by atoms with E-state index >= 15 is 0 Å². The minimum Gasteiger partial charge on any atom is -0.324 e. The second-order valence-electron chi connectivity index (χ2n) is 6.19. The average molecular weight is 257 g/mol. The fourth-order valence-corrected chi connectivity index (χ4v) is 2.38. The van der Waals surface area contributed by atoms with Crippen LogP contribution in [0.3, 0.4) is 0 Å². The predicted molar refractivity (Wildman–Crippen MR) is 79.9 cm³/mol. The van der Waals surface area contributed by atoms with Gasteiger partial charge in [0.25, 0.3) is 0 Å². The molecule has 19 heavy (non-hydrogen) atoms. The van der Waals surface area contributed by atoms with Crippen molar-refractivity contribution in [3.05, 3.63) is 41.7 Å². The largest absolute Gasteiger partial charge is 0.324 e. The first-order chi connectivity index (χ1) is 8.80. The van der Waals surface area contributed by atoms with Crippen molar-refractivity contribution in [2.75, 3.05) is 0 Å². The van der Waals surface area contributed by atoms with Crippen molar-refractivity contribution in [2.24, 2.45) is 12.8 Å². The summed E-state index contributed by atoms with van der Waals surface area (Å²) in [7, 11) is 1.97. The molecule has 0 saturated carbocycles. The molecular weight excluding hydrogens is 234 g/mol. The van der Waals surface area contributed by atoms with Crippen LogP contribution in [0.4, 0.5) is 0 Å². The Morgan fingerprint density at radius 2 is 1.79 bits per heavy atom. The van der Waals surface area contributed by atoms with Gasteiger partial charge in [-0.25, -0.2) is 0 Å². The summed E-state index contributed by atoms with van der Waals surface area (Å²) in [5.41, 5.74) is 10.8. The number of aryl methyl sites for hydroxylation is 1. The number of hydrogen-bond donors (Lipinski definition) is 1. The van der Waals surface area contributed by atoms with E-state index in [1.54, 1.807) is 0 Å². The zero-order valence-corrected chi connectivity index (χ0v) is 12.4. The minimum atomic E-state index is 0.0154. The Morgan fingerprint density at radius 1 is 1.16 bits per heavy atom. The third-order valence-electron chi connectivity index (χ3n) is 3.28. The highest BCUT2D eigenvalue weighted by Crippen LogP contribution is 2.34. The summed E-state index contributed by atoms with van der Waals surface area (Å²) in [4.78, 5) is 0. The third-order valence-corrected chi connectivity index (χ3v) is 3.28. The van der Waals surface area contributed by atoms with Crippen LogP contribution in [0.15, 0.2) is 30.5 Å². The Kier molecular flexibility index (Phi) is 3.50. The molecule has 1 atom stereocenters. The monoisotopic (exact) mass is 257 g/mol. The molecular formula is C16H23N3. The fraction of sp³-hybridized carbons (Fsp3) is 0.438. The van der Waals surface area contributed by atoms with E-state index in [-0.39, 0.29) is 11.5 Å². The molecule has 1 aromatic heterocycles. The van der Waals surface area contributed by atoms with Crippen LogP contribution in [0.1, 0.15) is 45.0 Å². The van der Waals surface area contributed by atoms with Gasteiger partial charge in [-0.1, -0.05) is 45.0 Å². The van der Waals surface area contributed by atoms with Gasteiger partial charge in [0.05, 0.1) is 5.69 Å². The van der Waals surface area contributed by atoms with Crippen molar-refractivity contribution in [2.45, 2.75) is 39.2 Å². The van der Waals surface area contributed by atoms with Crippen LogP contribution in [0.2, 0.25) is 0 Å². The maximum atomic E-state index is 6.09. The second kappa shape index (κ2) is 4.82.